The first-order chi connectivity index (χ1) is 14.1. The molecule has 0 spiro atoms. The first-order valence-electron chi connectivity index (χ1n) is 8.60. The van der Waals surface area contributed by atoms with Crippen LogP contribution in [0.4, 0.5) is 18.9 Å². The number of amides is 1. The summed E-state index contributed by atoms with van der Waals surface area (Å²) in [5.74, 6) is -1.00. The maximum Gasteiger partial charge on any atom is 0.416 e. The molecule has 2 aromatic carbocycles. The fourth-order valence-electron chi connectivity index (χ4n) is 2.53. The number of benzene rings is 2. The van der Waals surface area contributed by atoms with Crippen molar-refractivity contribution in [3.63, 3.8) is 0 Å². The van der Waals surface area contributed by atoms with Crippen molar-refractivity contribution < 1.29 is 41.7 Å². The van der Waals surface area contributed by atoms with E-state index in [0.717, 1.165) is 24.3 Å². The Morgan fingerprint density at radius 2 is 1.50 bits per heavy atom. The number of methoxy groups -OCH3 is 3. The van der Waals surface area contributed by atoms with Gasteiger partial charge in [-0.1, -0.05) is 0 Å². The molecule has 1 unspecified atom stereocenters. The normalized spacial score (nSPS) is 12.0. The predicted octanol–water partition coefficient (Wildman–Crippen LogP) is 3.92. The van der Waals surface area contributed by atoms with Gasteiger partial charge in [-0.15, -0.1) is 0 Å². The molecule has 30 heavy (non-hydrogen) atoms. The molecule has 0 aliphatic rings. The third-order valence-corrected chi connectivity index (χ3v) is 4.06. The lowest BCUT2D eigenvalue weighted by atomic mass is 10.1. The van der Waals surface area contributed by atoms with Crippen molar-refractivity contribution in [3.8, 4) is 17.2 Å². The van der Waals surface area contributed by atoms with E-state index in [4.69, 9.17) is 18.9 Å². The number of ether oxygens (including phenoxy) is 4. The van der Waals surface area contributed by atoms with E-state index >= 15 is 0 Å². The Hall–Kier alpha value is -3.43. The van der Waals surface area contributed by atoms with Crippen LogP contribution in [0.15, 0.2) is 36.4 Å². The number of rotatable bonds is 7. The van der Waals surface area contributed by atoms with E-state index < -0.39 is 29.7 Å². The minimum Gasteiger partial charge on any atom is -0.493 e. The third-order valence-electron chi connectivity index (χ3n) is 4.06. The molecular formula is C20H20F3NO6. The van der Waals surface area contributed by atoms with Gasteiger partial charge >= 0.3 is 12.1 Å². The molecule has 0 aliphatic carbocycles. The van der Waals surface area contributed by atoms with Crippen LogP contribution in [0.3, 0.4) is 0 Å². The fraction of sp³-hybridized carbons (Fsp3) is 0.300. The zero-order valence-electron chi connectivity index (χ0n) is 16.6. The molecular weight excluding hydrogens is 407 g/mol. The zero-order chi connectivity index (χ0) is 22.5. The second-order valence-electron chi connectivity index (χ2n) is 5.99. The molecule has 1 N–H and O–H groups in total. The van der Waals surface area contributed by atoms with Crippen molar-refractivity contribution in [3.05, 3.63) is 47.5 Å². The summed E-state index contributed by atoms with van der Waals surface area (Å²) in [6.45, 7) is 1.32. The third kappa shape index (κ3) is 5.13. The second kappa shape index (κ2) is 9.38. The maximum absolute atomic E-state index is 12.6. The Kier molecular flexibility index (Phi) is 7.14. The van der Waals surface area contributed by atoms with Gasteiger partial charge in [-0.05, 0) is 43.3 Å². The molecule has 0 radical (unpaired) electrons. The Labute approximate surface area is 170 Å². The number of carbonyl (C=O) groups is 2. The molecule has 0 heterocycles. The van der Waals surface area contributed by atoms with Gasteiger partial charge in [-0.25, -0.2) is 4.79 Å². The van der Waals surface area contributed by atoms with E-state index in [2.05, 4.69) is 5.32 Å². The van der Waals surface area contributed by atoms with Crippen LogP contribution in [-0.2, 0) is 15.7 Å². The number of nitrogens with one attached hydrogen (secondary N) is 1. The van der Waals surface area contributed by atoms with Crippen molar-refractivity contribution in [1.29, 1.82) is 0 Å². The van der Waals surface area contributed by atoms with Gasteiger partial charge in [0.2, 0.25) is 5.75 Å². The Morgan fingerprint density at radius 1 is 0.900 bits per heavy atom. The van der Waals surface area contributed by atoms with Crippen LogP contribution in [0, 0.1) is 0 Å². The van der Waals surface area contributed by atoms with Gasteiger partial charge < -0.3 is 24.3 Å². The van der Waals surface area contributed by atoms with Gasteiger partial charge in [0.25, 0.3) is 5.91 Å². The molecule has 2 rings (SSSR count). The van der Waals surface area contributed by atoms with Gasteiger partial charge in [0.1, 0.15) is 5.56 Å². The number of carbonyl (C=O) groups excluding carboxylic acids is 2. The summed E-state index contributed by atoms with van der Waals surface area (Å²) >= 11 is 0. The molecule has 7 nitrogen and oxygen atoms in total. The topological polar surface area (TPSA) is 83.1 Å². The molecule has 0 saturated heterocycles. The van der Waals surface area contributed by atoms with E-state index in [1.54, 1.807) is 0 Å². The molecule has 0 fully saturated rings. The number of halogens is 3. The molecule has 0 bridgehead atoms. The van der Waals surface area contributed by atoms with E-state index in [-0.39, 0.29) is 22.7 Å². The number of hydrogen-bond donors (Lipinski definition) is 1. The largest absolute Gasteiger partial charge is 0.493 e. The summed E-state index contributed by atoms with van der Waals surface area (Å²) in [6, 6.07) is 6.74. The minimum absolute atomic E-state index is 0.00401. The summed E-state index contributed by atoms with van der Waals surface area (Å²) in [4.78, 5) is 24.8. The smallest absolute Gasteiger partial charge is 0.416 e. The predicted molar refractivity (Wildman–Crippen MR) is 101 cm³/mol. The lowest BCUT2D eigenvalue weighted by Gasteiger charge is -2.17. The molecule has 10 heteroatoms. The summed E-state index contributed by atoms with van der Waals surface area (Å²) < 4.78 is 58.5. The Balaban J connectivity index is 2.11. The van der Waals surface area contributed by atoms with Crippen molar-refractivity contribution in [2.45, 2.75) is 19.2 Å². The van der Waals surface area contributed by atoms with Crippen LogP contribution in [0.1, 0.15) is 22.8 Å². The van der Waals surface area contributed by atoms with Crippen LogP contribution in [0.25, 0.3) is 0 Å². The first kappa shape index (κ1) is 22.9. The van der Waals surface area contributed by atoms with Crippen LogP contribution in [-0.4, -0.2) is 39.3 Å². The summed E-state index contributed by atoms with van der Waals surface area (Å²) in [6.07, 6.45) is -5.72. The van der Waals surface area contributed by atoms with Gasteiger partial charge in [0, 0.05) is 5.69 Å². The van der Waals surface area contributed by atoms with E-state index in [9.17, 15) is 22.8 Å². The van der Waals surface area contributed by atoms with Crippen molar-refractivity contribution in [1.82, 2.24) is 0 Å². The second-order valence-corrected chi connectivity index (χ2v) is 5.99. The van der Waals surface area contributed by atoms with E-state index in [1.807, 2.05) is 0 Å². The number of esters is 1. The van der Waals surface area contributed by atoms with Gasteiger partial charge in [0.15, 0.2) is 17.6 Å². The van der Waals surface area contributed by atoms with Crippen molar-refractivity contribution >= 4 is 17.6 Å². The van der Waals surface area contributed by atoms with Gasteiger partial charge in [0.05, 0.1) is 26.9 Å². The molecule has 0 saturated carbocycles. The Bertz CT molecular complexity index is 912. The highest BCUT2D eigenvalue weighted by Crippen LogP contribution is 2.40. The zero-order valence-corrected chi connectivity index (χ0v) is 16.6. The molecule has 0 aromatic heterocycles. The fourth-order valence-corrected chi connectivity index (χ4v) is 2.53. The first-order valence-corrected chi connectivity index (χ1v) is 8.60. The van der Waals surface area contributed by atoms with Crippen LogP contribution in [0.5, 0.6) is 17.2 Å². The number of hydrogen-bond acceptors (Lipinski definition) is 6. The van der Waals surface area contributed by atoms with Crippen LogP contribution >= 0.6 is 0 Å². The highest BCUT2D eigenvalue weighted by atomic mass is 19.4. The van der Waals surface area contributed by atoms with Crippen LogP contribution < -0.4 is 19.5 Å². The molecule has 1 atom stereocenters. The quantitative estimate of drug-likeness (QED) is 0.675. The summed E-state index contributed by atoms with van der Waals surface area (Å²) in [7, 11) is 4.12. The summed E-state index contributed by atoms with van der Waals surface area (Å²) in [5.41, 5.74) is -0.718. The molecule has 2 aromatic rings. The van der Waals surface area contributed by atoms with E-state index in [1.165, 1.54) is 40.4 Å². The van der Waals surface area contributed by atoms with Crippen molar-refractivity contribution in [2.75, 3.05) is 26.6 Å². The standard InChI is InChI=1S/C20H20F3NO6/c1-11(18(25)24-13-7-5-12(6-8-13)20(21,22)23)30-19(26)14-9-10-15(27-2)17(29-4)16(14)28-3/h5-11H,1-4H3,(H,24,25). The lowest BCUT2D eigenvalue weighted by molar-refractivity contribution is -0.137. The Morgan fingerprint density at radius 3 is 2.00 bits per heavy atom. The maximum atomic E-state index is 12.6. The average Bonchev–Trinajstić information content (AvgIpc) is 2.71. The minimum atomic E-state index is -4.48. The van der Waals surface area contributed by atoms with Gasteiger partial charge in [-0.2, -0.15) is 13.2 Å². The number of alkyl halides is 3. The van der Waals surface area contributed by atoms with E-state index in [0.29, 0.717) is 5.75 Å². The highest BCUT2D eigenvalue weighted by molar-refractivity contribution is 5.99. The SMILES string of the molecule is COc1ccc(C(=O)OC(C)C(=O)Nc2ccc(C(F)(F)F)cc2)c(OC)c1OC. The van der Waals surface area contributed by atoms with Gasteiger partial charge in [-0.3, -0.25) is 4.79 Å². The van der Waals surface area contributed by atoms with Crippen molar-refractivity contribution in [2.24, 2.45) is 0 Å². The lowest BCUT2D eigenvalue weighted by Crippen LogP contribution is -2.30. The number of anilines is 1. The van der Waals surface area contributed by atoms with Crippen LogP contribution in [0.2, 0.25) is 0 Å². The molecule has 1 amide bonds. The monoisotopic (exact) mass is 427 g/mol. The average molecular weight is 427 g/mol. The summed E-state index contributed by atoms with van der Waals surface area (Å²) in [5, 5.41) is 2.39. The molecule has 162 valence electrons. The highest BCUT2D eigenvalue weighted by Gasteiger charge is 2.30. The molecule has 0 aliphatic heterocycles.